The number of nitrogens with zero attached hydrogens (tertiary/aromatic N) is 2. The van der Waals surface area contributed by atoms with E-state index >= 15 is 0 Å². The first kappa shape index (κ1) is 15.5. The zero-order valence-electron chi connectivity index (χ0n) is 12.8. The van der Waals surface area contributed by atoms with Crippen molar-refractivity contribution in [2.45, 2.75) is 31.9 Å². The van der Waals surface area contributed by atoms with E-state index in [4.69, 9.17) is 4.74 Å². The summed E-state index contributed by atoms with van der Waals surface area (Å²) in [6.07, 6.45) is 5.07. The number of para-hydroxylation sites is 1. The van der Waals surface area contributed by atoms with Crippen molar-refractivity contribution in [1.29, 1.82) is 0 Å². The predicted octanol–water partition coefficient (Wildman–Crippen LogP) is 2.70. The van der Waals surface area contributed by atoms with E-state index in [0.717, 1.165) is 19.4 Å². The highest BCUT2D eigenvalue weighted by Gasteiger charge is 2.23. The third-order valence-electron chi connectivity index (χ3n) is 3.82. The van der Waals surface area contributed by atoms with Crippen LogP contribution in [0.2, 0.25) is 0 Å². The van der Waals surface area contributed by atoms with Crippen molar-refractivity contribution in [2.75, 3.05) is 11.9 Å². The van der Waals surface area contributed by atoms with E-state index in [1.807, 2.05) is 6.92 Å². The molecule has 6 nitrogen and oxygen atoms in total. The van der Waals surface area contributed by atoms with Gasteiger partial charge in [-0.1, -0.05) is 12.1 Å². The summed E-state index contributed by atoms with van der Waals surface area (Å²) >= 11 is 0. The topological polar surface area (TPSA) is 68.2 Å². The predicted molar refractivity (Wildman–Crippen MR) is 84.1 cm³/mol. The number of ether oxygens (including phenoxy) is 1. The van der Waals surface area contributed by atoms with Crippen molar-refractivity contribution in [2.24, 2.45) is 0 Å². The van der Waals surface area contributed by atoms with Crippen LogP contribution in [0.15, 0.2) is 36.7 Å². The lowest BCUT2D eigenvalue weighted by Gasteiger charge is -2.19. The summed E-state index contributed by atoms with van der Waals surface area (Å²) in [5.41, 5.74) is 0.818. The van der Waals surface area contributed by atoms with Gasteiger partial charge in [0.2, 0.25) is 0 Å². The summed E-state index contributed by atoms with van der Waals surface area (Å²) in [4.78, 5) is 12.0. The molecule has 0 spiro atoms. The molecule has 1 aliphatic rings. The molecular weight excluding hydrogens is 299 g/mol. The quantitative estimate of drug-likeness (QED) is 0.911. The maximum Gasteiger partial charge on any atom is 0.319 e. The molecule has 7 heteroatoms. The molecule has 0 radical (unpaired) electrons. The Morgan fingerprint density at radius 3 is 3.04 bits per heavy atom. The van der Waals surface area contributed by atoms with Gasteiger partial charge in [0.15, 0.2) is 0 Å². The number of rotatable bonds is 4. The number of carbonyl (C=O) groups excluding carboxylic acids is 1. The largest absolute Gasteiger partial charge is 0.376 e. The molecule has 1 aromatic carbocycles. The fourth-order valence-corrected chi connectivity index (χ4v) is 2.62. The van der Waals surface area contributed by atoms with Crippen molar-refractivity contribution in [3.8, 4) is 5.69 Å². The fourth-order valence-electron chi connectivity index (χ4n) is 2.62. The minimum Gasteiger partial charge on any atom is -0.376 e. The van der Waals surface area contributed by atoms with E-state index in [2.05, 4.69) is 15.7 Å². The van der Waals surface area contributed by atoms with E-state index in [1.165, 1.54) is 16.9 Å². The molecule has 0 bridgehead atoms. The highest BCUT2D eigenvalue weighted by atomic mass is 19.1. The normalized spacial score (nSPS) is 18.6. The van der Waals surface area contributed by atoms with Crippen LogP contribution in [-0.2, 0) is 4.74 Å². The third-order valence-corrected chi connectivity index (χ3v) is 3.82. The Hall–Kier alpha value is -2.41. The maximum absolute atomic E-state index is 13.7. The number of anilines is 1. The van der Waals surface area contributed by atoms with Gasteiger partial charge in [0.25, 0.3) is 0 Å². The highest BCUT2D eigenvalue weighted by Crippen LogP contribution is 2.16. The molecule has 23 heavy (non-hydrogen) atoms. The van der Waals surface area contributed by atoms with Gasteiger partial charge in [-0.25, -0.2) is 13.9 Å². The van der Waals surface area contributed by atoms with Crippen molar-refractivity contribution >= 4 is 11.7 Å². The molecule has 2 atom stereocenters. The number of nitrogens with one attached hydrogen (secondary N) is 2. The SMILES string of the molecule is C[C@H](NC(=O)Nc1cnn(-c2ccccc2F)c1)[C@@H]1CCCO1. The number of urea groups is 1. The summed E-state index contributed by atoms with van der Waals surface area (Å²) in [6.45, 7) is 2.66. The number of carbonyl (C=O) groups is 1. The van der Waals surface area contributed by atoms with Gasteiger partial charge in [0.1, 0.15) is 11.5 Å². The minimum absolute atomic E-state index is 0.0573. The monoisotopic (exact) mass is 318 g/mol. The van der Waals surface area contributed by atoms with E-state index in [1.54, 1.807) is 24.4 Å². The van der Waals surface area contributed by atoms with Crippen LogP contribution in [0.4, 0.5) is 14.9 Å². The number of aromatic nitrogens is 2. The van der Waals surface area contributed by atoms with Crippen molar-refractivity contribution in [1.82, 2.24) is 15.1 Å². The lowest BCUT2D eigenvalue weighted by molar-refractivity contribution is 0.0868. The van der Waals surface area contributed by atoms with Crippen molar-refractivity contribution in [3.63, 3.8) is 0 Å². The second-order valence-corrected chi connectivity index (χ2v) is 5.56. The average Bonchev–Trinajstić information content (AvgIpc) is 3.19. The van der Waals surface area contributed by atoms with Gasteiger partial charge in [-0.15, -0.1) is 0 Å². The Balaban J connectivity index is 1.60. The first-order valence-corrected chi connectivity index (χ1v) is 7.62. The molecule has 0 aliphatic carbocycles. The van der Waals surface area contributed by atoms with Gasteiger partial charge in [-0.05, 0) is 31.9 Å². The molecule has 2 N–H and O–H groups in total. The van der Waals surface area contributed by atoms with Crippen LogP contribution >= 0.6 is 0 Å². The molecule has 1 aromatic heterocycles. The van der Waals surface area contributed by atoms with Crippen LogP contribution in [0.5, 0.6) is 0 Å². The summed E-state index contributed by atoms with van der Waals surface area (Å²) in [5, 5.41) is 9.61. The molecule has 2 aromatic rings. The van der Waals surface area contributed by atoms with Crippen LogP contribution in [0.25, 0.3) is 5.69 Å². The lowest BCUT2D eigenvalue weighted by atomic mass is 10.1. The highest BCUT2D eigenvalue weighted by molar-refractivity contribution is 5.89. The van der Waals surface area contributed by atoms with Crippen LogP contribution < -0.4 is 10.6 Å². The summed E-state index contributed by atoms with van der Waals surface area (Å²) < 4.78 is 20.6. The summed E-state index contributed by atoms with van der Waals surface area (Å²) in [5.74, 6) is -0.376. The molecule has 1 fully saturated rings. The van der Waals surface area contributed by atoms with Gasteiger partial charge in [0.05, 0.1) is 30.2 Å². The molecular formula is C16H19FN4O2. The maximum atomic E-state index is 13.7. The molecule has 2 heterocycles. The summed E-state index contributed by atoms with van der Waals surface area (Å²) in [6, 6.07) is 5.91. The molecule has 122 valence electrons. The van der Waals surface area contributed by atoms with Crippen molar-refractivity contribution < 1.29 is 13.9 Å². The Morgan fingerprint density at radius 1 is 1.48 bits per heavy atom. The zero-order valence-corrected chi connectivity index (χ0v) is 12.8. The first-order chi connectivity index (χ1) is 11.1. The van der Waals surface area contributed by atoms with Crippen molar-refractivity contribution in [3.05, 3.63) is 42.5 Å². The summed E-state index contributed by atoms with van der Waals surface area (Å²) in [7, 11) is 0. The number of hydrogen-bond acceptors (Lipinski definition) is 3. The number of benzene rings is 1. The van der Waals surface area contributed by atoms with E-state index in [0.29, 0.717) is 11.4 Å². The first-order valence-electron chi connectivity index (χ1n) is 7.62. The van der Waals surface area contributed by atoms with E-state index in [9.17, 15) is 9.18 Å². The Kier molecular flexibility index (Phi) is 4.57. The van der Waals surface area contributed by atoms with Gasteiger partial charge >= 0.3 is 6.03 Å². The lowest BCUT2D eigenvalue weighted by Crippen LogP contribution is -2.42. The van der Waals surface area contributed by atoms with Gasteiger partial charge in [-0.2, -0.15) is 5.10 Å². The van der Waals surface area contributed by atoms with Crippen LogP contribution in [-0.4, -0.2) is 34.6 Å². The Morgan fingerprint density at radius 2 is 2.30 bits per heavy atom. The minimum atomic E-state index is -0.376. The molecule has 1 aliphatic heterocycles. The molecule has 0 unspecified atom stereocenters. The van der Waals surface area contributed by atoms with Gasteiger partial charge < -0.3 is 15.4 Å². The van der Waals surface area contributed by atoms with Crippen LogP contribution in [0.1, 0.15) is 19.8 Å². The molecule has 2 amide bonds. The number of amides is 2. The number of halogens is 1. The Bertz CT molecular complexity index is 682. The molecule has 1 saturated heterocycles. The average molecular weight is 318 g/mol. The second-order valence-electron chi connectivity index (χ2n) is 5.56. The third kappa shape index (κ3) is 3.68. The second kappa shape index (κ2) is 6.78. The van der Waals surface area contributed by atoms with Crippen LogP contribution in [0.3, 0.4) is 0 Å². The Labute approximate surface area is 133 Å². The molecule has 3 rings (SSSR count). The standard InChI is InChI=1S/C16H19FN4O2/c1-11(15-7-4-8-23-15)19-16(22)20-12-9-18-21(10-12)14-6-3-2-5-13(14)17/h2-3,5-6,9-11,15H,4,7-8H2,1H3,(H2,19,20,22)/t11-,15-/m0/s1. The van der Waals surface area contributed by atoms with E-state index < -0.39 is 0 Å². The molecule has 0 saturated carbocycles. The smallest absolute Gasteiger partial charge is 0.319 e. The number of hydrogen-bond donors (Lipinski definition) is 2. The fraction of sp³-hybridized carbons (Fsp3) is 0.375. The van der Waals surface area contributed by atoms with Gasteiger partial charge in [0, 0.05) is 6.61 Å². The van der Waals surface area contributed by atoms with E-state index in [-0.39, 0.29) is 24.0 Å². The van der Waals surface area contributed by atoms with Crippen LogP contribution in [0, 0.1) is 5.82 Å². The zero-order chi connectivity index (χ0) is 16.2. The van der Waals surface area contributed by atoms with Gasteiger partial charge in [-0.3, -0.25) is 0 Å².